The van der Waals surface area contributed by atoms with Gasteiger partial charge in [0, 0.05) is 50.0 Å². The van der Waals surface area contributed by atoms with Crippen molar-refractivity contribution < 1.29 is 23.8 Å². The maximum Gasteiger partial charge on any atom is 0.325 e. The largest absolute Gasteiger partial charge is 0.491 e. The Morgan fingerprint density at radius 2 is 1.71 bits per heavy atom. The number of carbonyl (C=O) groups is 2. The zero-order chi connectivity index (χ0) is 44.9. The van der Waals surface area contributed by atoms with E-state index in [4.69, 9.17) is 16.2 Å². The van der Waals surface area contributed by atoms with Gasteiger partial charge in [0.15, 0.2) is 16.7 Å². The topological polar surface area (TPSA) is 154 Å². The second-order valence-corrected chi connectivity index (χ2v) is 19.6. The van der Waals surface area contributed by atoms with Crippen LogP contribution in [-0.4, -0.2) is 117 Å². The number of carbonyl (C=O) groups excluding carboxylic acids is 1. The van der Waals surface area contributed by atoms with Crippen molar-refractivity contribution >= 4 is 50.2 Å². The van der Waals surface area contributed by atoms with Crippen LogP contribution in [0.2, 0.25) is 0 Å². The number of hydrogen-bond acceptors (Lipinski definition) is 13. The molecule has 342 valence electrons. The Bertz CT molecular complexity index is 2130. The van der Waals surface area contributed by atoms with Gasteiger partial charge in [0.25, 0.3) is 0 Å². The van der Waals surface area contributed by atoms with E-state index in [-0.39, 0.29) is 23.1 Å². The lowest BCUT2D eigenvalue weighted by Crippen LogP contribution is -2.57. The molecule has 0 spiro atoms. The number of hydrogen-bond donors (Lipinski definition) is 4. The number of rotatable bonds is 21. The minimum Gasteiger partial charge on any atom is -0.491 e. The molecule has 2 fully saturated rings. The minimum atomic E-state index is -1.16. The van der Waals surface area contributed by atoms with Crippen LogP contribution in [0.1, 0.15) is 103 Å². The summed E-state index contributed by atoms with van der Waals surface area (Å²) in [5, 5.41) is 14.3. The molecule has 2 saturated heterocycles. The van der Waals surface area contributed by atoms with Crippen molar-refractivity contribution in [3.05, 3.63) is 76.6 Å². The third-order valence-corrected chi connectivity index (χ3v) is 15.6. The minimum absolute atomic E-state index is 0.162. The molecule has 0 amide bonds. The summed E-state index contributed by atoms with van der Waals surface area (Å²) in [7, 11) is 1.85. The van der Waals surface area contributed by atoms with E-state index in [9.17, 15) is 14.7 Å². The van der Waals surface area contributed by atoms with Gasteiger partial charge in [0.05, 0.1) is 23.4 Å². The number of nitrogens with one attached hydrogen (secondary N) is 1. The SMILES string of the molecule is CC(=O)CCCCCCCCCN1CCN(CC#Cc2ccc(OCCCC3SC(N4CCCC(/C(C)=C(\N)Nc5nc6ccccc6s5)=C4N)N(C)C3(C)C(=O)O)c(F)c2)CC1. The van der Waals surface area contributed by atoms with Crippen LogP contribution in [-0.2, 0) is 9.59 Å². The number of aliphatic carboxylic acids is 1. The maximum absolute atomic E-state index is 15.2. The number of carboxylic acids is 1. The molecule has 6 N–H and O–H groups in total. The average molecular weight is 903 g/mol. The second-order valence-electron chi connectivity index (χ2n) is 17.3. The van der Waals surface area contributed by atoms with Gasteiger partial charge in [-0.3, -0.25) is 14.6 Å². The van der Waals surface area contributed by atoms with E-state index in [0.29, 0.717) is 54.1 Å². The number of ether oxygens (including phenoxy) is 1. The van der Waals surface area contributed by atoms with Crippen LogP contribution < -0.4 is 21.5 Å². The Morgan fingerprint density at radius 1 is 1.00 bits per heavy atom. The summed E-state index contributed by atoms with van der Waals surface area (Å²) >= 11 is 3.13. The smallest absolute Gasteiger partial charge is 0.325 e. The highest BCUT2D eigenvalue weighted by atomic mass is 32.2. The highest BCUT2D eigenvalue weighted by Gasteiger charge is 2.56. The van der Waals surface area contributed by atoms with E-state index in [0.717, 1.165) is 86.2 Å². The first-order valence-electron chi connectivity index (χ1n) is 22.7. The van der Waals surface area contributed by atoms with Gasteiger partial charge in [-0.15, -0.1) is 11.8 Å². The zero-order valence-corrected chi connectivity index (χ0v) is 39.2. The molecule has 2 aromatic carbocycles. The lowest BCUT2D eigenvalue weighted by molar-refractivity contribution is -0.150. The number of piperazine rings is 1. The maximum atomic E-state index is 15.2. The van der Waals surface area contributed by atoms with Crippen molar-refractivity contribution in [1.82, 2.24) is 24.6 Å². The van der Waals surface area contributed by atoms with Crippen LogP contribution in [0.4, 0.5) is 9.52 Å². The number of anilines is 1. The molecule has 0 aliphatic carbocycles. The molecule has 0 bridgehead atoms. The number of nitrogens with zero attached hydrogens (tertiary/aromatic N) is 5. The highest BCUT2D eigenvalue weighted by molar-refractivity contribution is 8.00. The van der Waals surface area contributed by atoms with Crippen molar-refractivity contribution in [2.24, 2.45) is 11.5 Å². The van der Waals surface area contributed by atoms with Gasteiger partial charge in [-0.2, -0.15) is 0 Å². The Balaban J connectivity index is 0.938. The van der Waals surface area contributed by atoms with Crippen LogP contribution in [0.25, 0.3) is 10.2 Å². The lowest BCUT2D eigenvalue weighted by Gasteiger charge is -2.41. The quantitative estimate of drug-likeness (QED) is 0.0604. The normalized spacial score (nSPS) is 21.6. The summed E-state index contributed by atoms with van der Waals surface area (Å²) in [4.78, 5) is 37.5. The van der Waals surface area contributed by atoms with Crippen LogP contribution in [0.3, 0.4) is 0 Å². The number of ketones is 1. The number of fused-ring (bicyclic) bond motifs is 1. The summed E-state index contributed by atoms with van der Waals surface area (Å²) in [6.45, 7) is 12.2. The molecule has 3 aliphatic heterocycles. The summed E-state index contributed by atoms with van der Waals surface area (Å²) in [5.74, 6) is 6.53. The summed E-state index contributed by atoms with van der Waals surface area (Å²) in [6, 6.07) is 12.8. The molecule has 3 unspecified atom stereocenters. The van der Waals surface area contributed by atoms with Crippen LogP contribution >= 0.6 is 23.1 Å². The molecule has 3 atom stereocenters. The molecule has 1 aromatic heterocycles. The van der Waals surface area contributed by atoms with Crippen LogP contribution in [0, 0.1) is 17.7 Å². The van der Waals surface area contributed by atoms with Gasteiger partial charge in [0.2, 0.25) is 0 Å². The van der Waals surface area contributed by atoms with Crippen molar-refractivity contribution in [3.8, 4) is 17.6 Å². The molecule has 4 heterocycles. The molecule has 0 saturated carbocycles. The number of nitrogens with two attached hydrogens (primary N) is 2. The number of aromatic nitrogens is 1. The number of Topliss-reactive ketones (excluding diaryl/α,β-unsaturated/α-hetero) is 1. The number of thioether (sulfide) groups is 1. The fourth-order valence-electron chi connectivity index (χ4n) is 8.67. The number of unbranched alkanes of at least 4 members (excludes halogenated alkanes) is 6. The first-order valence-corrected chi connectivity index (χ1v) is 24.4. The van der Waals surface area contributed by atoms with Crippen LogP contribution in [0.15, 0.2) is 65.3 Å². The fraction of sp³-hybridized carbons (Fsp3) is 0.562. The first-order chi connectivity index (χ1) is 30.3. The van der Waals surface area contributed by atoms with E-state index >= 15 is 4.39 Å². The van der Waals surface area contributed by atoms with Gasteiger partial charge in [-0.05, 0) is 114 Å². The number of carboxylic acid groups (broad SMARTS) is 1. The second kappa shape index (κ2) is 23.0. The Labute approximate surface area is 381 Å². The third-order valence-electron chi connectivity index (χ3n) is 12.8. The number of para-hydroxylation sites is 1. The Hall–Kier alpha value is -4.33. The van der Waals surface area contributed by atoms with Gasteiger partial charge < -0.3 is 41.2 Å². The molecule has 3 aliphatic rings. The monoisotopic (exact) mass is 902 g/mol. The predicted octanol–water partition coefficient (Wildman–Crippen LogP) is 8.02. The number of halogens is 1. The van der Waals surface area contributed by atoms with Crippen molar-refractivity contribution in [2.45, 2.75) is 114 Å². The summed E-state index contributed by atoms with van der Waals surface area (Å²) < 4.78 is 22.1. The van der Waals surface area contributed by atoms with Gasteiger partial charge in [0.1, 0.15) is 28.5 Å². The molecular weight excluding hydrogens is 836 g/mol. The average Bonchev–Trinajstić information content (AvgIpc) is 3.79. The van der Waals surface area contributed by atoms with Gasteiger partial charge >= 0.3 is 5.97 Å². The third kappa shape index (κ3) is 12.7. The van der Waals surface area contributed by atoms with E-state index in [1.807, 2.05) is 43.1 Å². The van der Waals surface area contributed by atoms with E-state index in [1.54, 1.807) is 37.7 Å². The Kier molecular flexibility index (Phi) is 17.6. The van der Waals surface area contributed by atoms with Crippen molar-refractivity contribution in [2.75, 3.05) is 64.8 Å². The molecular formula is C48H67FN8O4S2. The van der Waals surface area contributed by atoms with Gasteiger partial charge in [-0.1, -0.05) is 67.4 Å². The van der Waals surface area contributed by atoms with Crippen LogP contribution in [0.5, 0.6) is 5.75 Å². The molecule has 63 heavy (non-hydrogen) atoms. The number of thiazole rings is 1. The summed E-state index contributed by atoms with van der Waals surface area (Å²) in [6.07, 6.45) is 11.9. The lowest BCUT2D eigenvalue weighted by atomic mass is 9.92. The highest BCUT2D eigenvalue weighted by Crippen LogP contribution is 2.47. The Morgan fingerprint density at radius 3 is 2.43 bits per heavy atom. The fourth-order valence-corrected chi connectivity index (χ4v) is 11.4. The number of likely N-dealkylation sites (N-methyl/N-ethyl adjacent to an activating group) is 1. The molecule has 12 nitrogen and oxygen atoms in total. The first kappa shape index (κ1) is 48.1. The van der Waals surface area contributed by atoms with E-state index in [1.165, 1.54) is 49.5 Å². The van der Waals surface area contributed by atoms with Gasteiger partial charge in [-0.25, -0.2) is 9.37 Å². The zero-order valence-electron chi connectivity index (χ0n) is 37.6. The van der Waals surface area contributed by atoms with Crippen molar-refractivity contribution in [1.29, 1.82) is 0 Å². The number of allylic oxidation sites excluding steroid dienone is 2. The number of benzene rings is 2. The standard InChI is InChI=1S/C48H67FN8O4S2/c1-34(58)17-10-8-6-5-7-9-13-25-55-28-30-56(31-29-55)26-14-18-36-23-24-40(38(49)33-36)61-32-16-22-42-48(3,45(59)60)54(4)47(63-42)57-27-15-19-37(44(57)51)35(2)43(50)53-46-52-39-20-11-12-21-41(39)62-46/h11-12,20-21,23-24,33,42,47H,5-10,13,15-17,19,22,25-32,50-51H2,1-4H3,(H,52,53)(H,59,60)/b43-35+. The van der Waals surface area contributed by atoms with Crippen molar-refractivity contribution in [3.63, 3.8) is 0 Å². The predicted molar refractivity (Wildman–Crippen MR) is 255 cm³/mol. The molecule has 3 aromatic rings. The van der Waals surface area contributed by atoms with E-state index < -0.39 is 17.3 Å². The van der Waals surface area contributed by atoms with E-state index in [2.05, 4.69) is 36.8 Å². The molecule has 15 heteroatoms. The molecule has 6 rings (SSSR count). The summed E-state index contributed by atoms with van der Waals surface area (Å²) in [5.41, 5.74) is 15.3. The molecule has 0 radical (unpaired) electrons.